The van der Waals surface area contributed by atoms with Crippen molar-refractivity contribution in [3.8, 4) is 0 Å². The van der Waals surface area contributed by atoms with Crippen LogP contribution in [0.3, 0.4) is 0 Å². The van der Waals surface area contributed by atoms with E-state index in [4.69, 9.17) is 5.11 Å². The van der Waals surface area contributed by atoms with Gasteiger partial charge in [-0.1, -0.05) is 12.1 Å². The Bertz CT molecular complexity index is 341. The lowest BCUT2D eigenvalue weighted by molar-refractivity contribution is 0.0697. The zero-order valence-corrected chi connectivity index (χ0v) is 8.57. The molecule has 1 aliphatic heterocycles. The van der Waals surface area contributed by atoms with E-state index in [2.05, 4.69) is 5.32 Å². The molecule has 1 aromatic carbocycles. The molecule has 0 saturated carbocycles. The number of hydrogen-bond acceptors (Lipinski definition) is 2. The maximum atomic E-state index is 10.6. The summed E-state index contributed by atoms with van der Waals surface area (Å²) < 4.78 is 0. The monoisotopic (exact) mass is 205 g/mol. The molecule has 0 bridgehead atoms. The zero-order chi connectivity index (χ0) is 10.7. The van der Waals surface area contributed by atoms with Gasteiger partial charge in [0.15, 0.2) is 0 Å². The maximum absolute atomic E-state index is 10.6. The smallest absolute Gasteiger partial charge is 0.335 e. The van der Waals surface area contributed by atoms with Gasteiger partial charge in [0.05, 0.1) is 5.56 Å². The summed E-state index contributed by atoms with van der Waals surface area (Å²) in [7, 11) is 0. The molecule has 0 amide bonds. The van der Waals surface area contributed by atoms with Crippen LogP contribution in [0.2, 0.25) is 0 Å². The second kappa shape index (κ2) is 4.45. The van der Waals surface area contributed by atoms with E-state index in [1.165, 1.54) is 12.0 Å². The van der Waals surface area contributed by atoms with E-state index in [1.54, 1.807) is 12.1 Å². The van der Waals surface area contributed by atoms with Gasteiger partial charge in [-0.2, -0.15) is 0 Å². The summed E-state index contributed by atoms with van der Waals surface area (Å²) in [5.41, 5.74) is 1.59. The van der Waals surface area contributed by atoms with Crippen LogP contribution in [0, 0.1) is 5.92 Å². The Kier molecular flexibility index (Phi) is 3.02. The van der Waals surface area contributed by atoms with Crippen molar-refractivity contribution < 1.29 is 9.90 Å². The second-order valence-corrected chi connectivity index (χ2v) is 4.07. The van der Waals surface area contributed by atoms with Crippen LogP contribution in [0.4, 0.5) is 0 Å². The molecule has 80 valence electrons. The summed E-state index contributed by atoms with van der Waals surface area (Å²) in [6.07, 6.45) is 2.24. The number of rotatable bonds is 4. The molecule has 1 aliphatic rings. The molecule has 0 radical (unpaired) electrons. The Balaban J connectivity index is 1.88. The van der Waals surface area contributed by atoms with Crippen LogP contribution < -0.4 is 5.32 Å². The summed E-state index contributed by atoms with van der Waals surface area (Å²) in [5.74, 6) is -0.0473. The van der Waals surface area contributed by atoms with Crippen LogP contribution in [0.1, 0.15) is 22.3 Å². The summed E-state index contributed by atoms with van der Waals surface area (Å²) >= 11 is 0. The van der Waals surface area contributed by atoms with Crippen molar-refractivity contribution in [3.05, 3.63) is 35.4 Å². The zero-order valence-electron chi connectivity index (χ0n) is 8.57. The molecule has 1 heterocycles. The van der Waals surface area contributed by atoms with E-state index in [9.17, 15) is 4.79 Å². The molecular weight excluding hydrogens is 190 g/mol. The lowest BCUT2D eigenvalue weighted by atomic mass is 9.94. The Morgan fingerprint density at radius 1 is 1.33 bits per heavy atom. The Morgan fingerprint density at radius 3 is 2.47 bits per heavy atom. The van der Waals surface area contributed by atoms with Gasteiger partial charge in [0, 0.05) is 0 Å². The Morgan fingerprint density at radius 2 is 2.00 bits per heavy atom. The quantitative estimate of drug-likeness (QED) is 0.783. The number of carboxylic acids is 1. The lowest BCUT2D eigenvalue weighted by Gasteiger charge is -2.26. The van der Waals surface area contributed by atoms with Gasteiger partial charge in [-0.15, -0.1) is 0 Å². The second-order valence-electron chi connectivity index (χ2n) is 4.07. The summed E-state index contributed by atoms with van der Waals surface area (Å²) in [4.78, 5) is 10.6. The number of aryl methyl sites for hydroxylation is 1. The molecule has 1 fully saturated rings. The van der Waals surface area contributed by atoms with Gasteiger partial charge in [-0.05, 0) is 49.5 Å². The van der Waals surface area contributed by atoms with Crippen molar-refractivity contribution in [2.45, 2.75) is 12.8 Å². The topological polar surface area (TPSA) is 49.3 Å². The van der Waals surface area contributed by atoms with Crippen LogP contribution in [0.5, 0.6) is 0 Å². The van der Waals surface area contributed by atoms with Crippen LogP contribution >= 0.6 is 0 Å². The molecule has 0 atom stereocenters. The van der Waals surface area contributed by atoms with Gasteiger partial charge in [0.1, 0.15) is 0 Å². The van der Waals surface area contributed by atoms with Crippen molar-refractivity contribution in [3.63, 3.8) is 0 Å². The van der Waals surface area contributed by atoms with Gasteiger partial charge in [0.25, 0.3) is 0 Å². The van der Waals surface area contributed by atoms with E-state index >= 15 is 0 Å². The summed E-state index contributed by atoms with van der Waals surface area (Å²) in [5, 5.41) is 12.0. The molecule has 0 spiro atoms. The highest BCUT2D eigenvalue weighted by molar-refractivity contribution is 5.87. The first-order valence-corrected chi connectivity index (χ1v) is 5.28. The first-order chi connectivity index (χ1) is 7.25. The van der Waals surface area contributed by atoms with Gasteiger partial charge >= 0.3 is 5.97 Å². The Hall–Kier alpha value is -1.35. The largest absolute Gasteiger partial charge is 0.478 e. The van der Waals surface area contributed by atoms with E-state index in [-0.39, 0.29) is 0 Å². The van der Waals surface area contributed by atoms with Crippen molar-refractivity contribution >= 4 is 5.97 Å². The van der Waals surface area contributed by atoms with E-state index in [0.29, 0.717) is 5.56 Å². The molecule has 0 aromatic heterocycles. The van der Waals surface area contributed by atoms with Crippen LogP contribution in [-0.4, -0.2) is 24.2 Å². The number of benzene rings is 1. The molecular formula is C12H15NO2. The van der Waals surface area contributed by atoms with Gasteiger partial charge in [0.2, 0.25) is 0 Å². The molecule has 1 saturated heterocycles. The molecule has 2 N–H and O–H groups in total. The fraction of sp³-hybridized carbons (Fsp3) is 0.417. The lowest BCUT2D eigenvalue weighted by Crippen LogP contribution is -2.42. The average molecular weight is 205 g/mol. The predicted octanol–water partition coefficient (Wildman–Crippen LogP) is 1.54. The highest BCUT2D eigenvalue weighted by atomic mass is 16.4. The predicted molar refractivity (Wildman–Crippen MR) is 58.1 cm³/mol. The fourth-order valence-electron chi connectivity index (χ4n) is 1.74. The minimum absolute atomic E-state index is 0.365. The minimum Gasteiger partial charge on any atom is -0.478 e. The normalized spacial score (nSPS) is 16.0. The molecule has 0 aliphatic carbocycles. The maximum Gasteiger partial charge on any atom is 0.335 e. The van der Waals surface area contributed by atoms with Gasteiger partial charge in [-0.25, -0.2) is 4.79 Å². The molecule has 3 heteroatoms. The molecule has 3 nitrogen and oxygen atoms in total. The Labute approximate surface area is 89.1 Å². The summed E-state index contributed by atoms with van der Waals surface area (Å²) in [6, 6.07) is 7.18. The van der Waals surface area contributed by atoms with Crippen molar-refractivity contribution in [1.29, 1.82) is 0 Å². The van der Waals surface area contributed by atoms with Gasteiger partial charge < -0.3 is 10.4 Å². The van der Waals surface area contributed by atoms with E-state index in [1.807, 2.05) is 12.1 Å². The van der Waals surface area contributed by atoms with Crippen molar-refractivity contribution in [1.82, 2.24) is 5.32 Å². The third-order valence-corrected chi connectivity index (χ3v) is 2.91. The first kappa shape index (κ1) is 10.2. The van der Waals surface area contributed by atoms with Crippen LogP contribution in [0.15, 0.2) is 24.3 Å². The number of carbonyl (C=O) groups is 1. The van der Waals surface area contributed by atoms with Crippen LogP contribution in [-0.2, 0) is 6.42 Å². The number of carboxylic acid groups (broad SMARTS) is 1. The molecule has 0 unspecified atom stereocenters. The standard InChI is InChI=1S/C12H15NO2/c14-12(15)11-5-3-9(4-6-11)1-2-10-7-13-8-10/h3-6,10,13H,1-2,7-8H2,(H,14,15). The first-order valence-electron chi connectivity index (χ1n) is 5.28. The van der Waals surface area contributed by atoms with Crippen molar-refractivity contribution in [2.75, 3.05) is 13.1 Å². The minimum atomic E-state index is -0.857. The highest BCUT2D eigenvalue weighted by Gasteiger charge is 2.15. The van der Waals surface area contributed by atoms with Gasteiger partial charge in [-0.3, -0.25) is 0 Å². The average Bonchev–Trinajstić information content (AvgIpc) is 2.16. The van der Waals surface area contributed by atoms with E-state index < -0.39 is 5.97 Å². The molecule has 2 rings (SSSR count). The number of nitrogens with one attached hydrogen (secondary N) is 1. The summed E-state index contributed by atoms with van der Waals surface area (Å²) in [6.45, 7) is 2.26. The fourth-order valence-corrected chi connectivity index (χ4v) is 1.74. The number of hydrogen-bond donors (Lipinski definition) is 2. The van der Waals surface area contributed by atoms with Crippen molar-refractivity contribution in [2.24, 2.45) is 5.92 Å². The number of aromatic carboxylic acids is 1. The highest BCUT2D eigenvalue weighted by Crippen LogP contribution is 2.14. The third kappa shape index (κ3) is 2.57. The SMILES string of the molecule is O=C(O)c1ccc(CCC2CNC2)cc1. The van der Waals surface area contributed by atoms with Crippen LogP contribution in [0.25, 0.3) is 0 Å². The molecule has 15 heavy (non-hydrogen) atoms. The third-order valence-electron chi connectivity index (χ3n) is 2.91. The molecule has 1 aromatic rings. The van der Waals surface area contributed by atoms with E-state index in [0.717, 1.165) is 25.4 Å².